The standard InChI is InChI=1S/C13H16FNO2/c1-17-13(16)12-7-4-10(8-15-12)9-2-5-11(14)6-3-9/h2-3,5-6,10,12,15H,4,7-8H2,1H3/t10-,12+/m0/s1. The van der Waals surface area contributed by atoms with Crippen LogP contribution in [0.15, 0.2) is 24.3 Å². The number of esters is 1. The number of carbonyl (C=O) groups is 1. The van der Waals surface area contributed by atoms with Crippen LogP contribution in [0.25, 0.3) is 0 Å². The van der Waals surface area contributed by atoms with Gasteiger partial charge in [0.1, 0.15) is 11.9 Å². The maximum atomic E-state index is 12.8. The van der Waals surface area contributed by atoms with Crippen LogP contribution >= 0.6 is 0 Å². The van der Waals surface area contributed by atoms with Gasteiger partial charge in [0.25, 0.3) is 0 Å². The van der Waals surface area contributed by atoms with E-state index >= 15 is 0 Å². The molecule has 92 valence electrons. The van der Waals surface area contributed by atoms with Gasteiger partial charge in [0.15, 0.2) is 0 Å². The highest BCUT2D eigenvalue weighted by atomic mass is 19.1. The Balaban J connectivity index is 1.95. The first-order valence-electron chi connectivity index (χ1n) is 5.77. The van der Waals surface area contributed by atoms with Crippen LogP contribution in [-0.2, 0) is 9.53 Å². The van der Waals surface area contributed by atoms with E-state index in [0.717, 1.165) is 24.9 Å². The summed E-state index contributed by atoms with van der Waals surface area (Å²) < 4.78 is 17.5. The van der Waals surface area contributed by atoms with Gasteiger partial charge in [0.05, 0.1) is 7.11 Å². The molecule has 1 heterocycles. The van der Waals surface area contributed by atoms with Crippen LogP contribution in [0.1, 0.15) is 24.3 Å². The minimum absolute atomic E-state index is 0.198. The summed E-state index contributed by atoms with van der Waals surface area (Å²) in [6, 6.07) is 6.36. The summed E-state index contributed by atoms with van der Waals surface area (Å²) in [6.07, 6.45) is 1.67. The molecule has 2 atom stereocenters. The molecule has 0 amide bonds. The molecule has 1 aliphatic heterocycles. The maximum Gasteiger partial charge on any atom is 0.322 e. The number of ether oxygens (including phenoxy) is 1. The van der Waals surface area contributed by atoms with Gasteiger partial charge in [-0.1, -0.05) is 12.1 Å². The van der Waals surface area contributed by atoms with Gasteiger partial charge < -0.3 is 10.1 Å². The average Bonchev–Trinajstić information content (AvgIpc) is 2.39. The molecule has 0 aliphatic carbocycles. The van der Waals surface area contributed by atoms with Gasteiger partial charge >= 0.3 is 5.97 Å². The molecule has 1 fully saturated rings. The summed E-state index contributed by atoms with van der Waals surface area (Å²) in [5.41, 5.74) is 1.11. The number of halogens is 1. The molecule has 1 aliphatic rings. The van der Waals surface area contributed by atoms with Crippen LogP contribution in [0, 0.1) is 5.82 Å². The monoisotopic (exact) mass is 237 g/mol. The van der Waals surface area contributed by atoms with Crippen molar-refractivity contribution in [2.24, 2.45) is 0 Å². The highest BCUT2D eigenvalue weighted by molar-refractivity contribution is 5.75. The molecule has 0 radical (unpaired) electrons. The van der Waals surface area contributed by atoms with E-state index in [1.54, 1.807) is 12.1 Å². The van der Waals surface area contributed by atoms with E-state index in [4.69, 9.17) is 4.74 Å². The third kappa shape index (κ3) is 2.82. The summed E-state index contributed by atoms with van der Waals surface area (Å²) in [7, 11) is 1.40. The quantitative estimate of drug-likeness (QED) is 0.797. The number of nitrogens with one attached hydrogen (secondary N) is 1. The average molecular weight is 237 g/mol. The lowest BCUT2D eigenvalue weighted by Gasteiger charge is -2.28. The van der Waals surface area contributed by atoms with Crippen molar-refractivity contribution in [1.29, 1.82) is 0 Å². The van der Waals surface area contributed by atoms with Gasteiger partial charge in [0, 0.05) is 6.54 Å². The molecule has 0 aromatic heterocycles. The maximum absolute atomic E-state index is 12.8. The summed E-state index contributed by atoms with van der Waals surface area (Å²) in [4.78, 5) is 11.3. The topological polar surface area (TPSA) is 38.3 Å². The summed E-state index contributed by atoms with van der Waals surface area (Å²) in [5, 5.41) is 3.16. The van der Waals surface area contributed by atoms with Gasteiger partial charge in [-0.15, -0.1) is 0 Å². The number of methoxy groups -OCH3 is 1. The molecule has 1 saturated heterocycles. The van der Waals surface area contributed by atoms with Crippen molar-refractivity contribution in [1.82, 2.24) is 5.32 Å². The van der Waals surface area contributed by atoms with Crippen molar-refractivity contribution in [2.75, 3.05) is 13.7 Å². The minimum atomic E-state index is -0.218. The third-order valence-electron chi connectivity index (χ3n) is 3.24. The zero-order valence-corrected chi connectivity index (χ0v) is 9.78. The highest BCUT2D eigenvalue weighted by Crippen LogP contribution is 2.25. The van der Waals surface area contributed by atoms with Crippen molar-refractivity contribution >= 4 is 5.97 Å². The molecule has 3 nitrogen and oxygen atoms in total. The molecular formula is C13H16FNO2. The van der Waals surface area contributed by atoms with Crippen LogP contribution < -0.4 is 5.32 Å². The fraction of sp³-hybridized carbons (Fsp3) is 0.462. The lowest BCUT2D eigenvalue weighted by atomic mass is 9.89. The first-order chi connectivity index (χ1) is 8.20. The van der Waals surface area contributed by atoms with E-state index in [1.807, 2.05) is 0 Å². The van der Waals surface area contributed by atoms with Crippen LogP contribution in [0.5, 0.6) is 0 Å². The van der Waals surface area contributed by atoms with Crippen LogP contribution in [0.4, 0.5) is 4.39 Å². The van der Waals surface area contributed by atoms with E-state index < -0.39 is 0 Å². The number of hydrogen-bond donors (Lipinski definition) is 1. The molecule has 0 bridgehead atoms. The molecule has 17 heavy (non-hydrogen) atoms. The largest absolute Gasteiger partial charge is 0.468 e. The van der Waals surface area contributed by atoms with E-state index in [1.165, 1.54) is 19.2 Å². The molecule has 0 unspecified atom stereocenters. The van der Waals surface area contributed by atoms with E-state index in [9.17, 15) is 9.18 Å². The second-order valence-corrected chi connectivity index (χ2v) is 4.31. The zero-order valence-electron chi connectivity index (χ0n) is 9.78. The fourth-order valence-corrected chi connectivity index (χ4v) is 2.22. The second-order valence-electron chi connectivity index (χ2n) is 4.31. The Bertz CT molecular complexity index is 383. The number of piperidine rings is 1. The van der Waals surface area contributed by atoms with Crippen molar-refractivity contribution in [3.8, 4) is 0 Å². The molecule has 0 spiro atoms. The van der Waals surface area contributed by atoms with E-state index in [0.29, 0.717) is 5.92 Å². The highest BCUT2D eigenvalue weighted by Gasteiger charge is 2.26. The molecule has 0 saturated carbocycles. The Morgan fingerprint density at radius 1 is 1.35 bits per heavy atom. The first kappa shape index (κ1) is 12.0. The van der Waals surface area contributed by atoms with Crippen molar-refractivity contribution in [2.45, 2.75) is 24.8 Å². The van der Waals surface area contributed by atoms with Crippen molar-refractivity contribution in [3.63, 3.8) is 0 Å². The van der Waals surface area contributed by atoms with Crippen molar-refractivity contribution < 1.29 is 13.9 Å². The lowest BCUT2D eigenvalue weighted by molar-refractivity contribution is -0.143. The summed E-state index contributed by atoms with van der Waals surface area (Å²) in [6.45, 7) is 0.728. The fourth-order valence-electron chi connectivity index (χ4n) is 2.22. The molecule has 2 rings (SSSR count). The van der Waals surface area contributed by atoms with E-state index in [2.05, 4.69) is 5.32 Å². The number of hydrogen-bond acceptors (Lipinski definition) is 3. The second kappa shape index (κ2) is 5.27. The van der Waals surface area contributed by atoms with Crippen LogP contribution in [-0.4, -0.2) is 25.7 Å². The van der Waals surface area contributed by atoms with Gasteiger partial charge in [-0.05, 0) is 36.5 Å². The van der Waals surface area contributed by atoms with Crippen LogP contribution in [0.3, 0.4) is 0 Å². The Hall–Kier alpha value is -1.42. The Kier molecular flexibility index (Phi) is 3.74. The normalized spacial score (nSPS) is 24.4. The number of carbonyl (C=O) groups excluding carboxylic acids is 1. The third-order valence-corrected chi connectivity index (χ3v) is 3.24. The lowest BCUT2D eigenvalue weighted by Crippen LogP contribution is -2.43. The predicted octanol–water partition coefficient (Wildman–Crippen LogP) is 1.83. The molecule has 4 heteroatoms. The summed E-state index contributed by atoms with van der Waals surface area (Å²) >= 11 is 0. The van der Waals surface area contributed by atoms with Gasteiger partial charge in [-0.3, -0.25) is 4.79 Å². The van der Waals surface area contributed by atoms with Gasteiger partial charge in [0.2, 0.25) is 0 Å². The SMILES string of the molecule is COC(=O)[C@H]1CC[C@H](c2ccc(F)cc2)CN1. The van der Waals surface area contributed by atoms with Gasteiger partial charge in [-0.25, -0.2) is 4.39 Å². The Labute approximate surface area is 100.0 Å². The molecule has 1 aromatic carbocycles. The first-order valence-corrected chi connectivity index (χ1v) is 5.77. The Morgan fingerprint density at radius 3 is 2.59 bits per heavy atom. The molecule has 1 aromatic rings. The number of benzene rings is 1. The predicted molar refractivity (Wildman–Crippen MR) is 62.2 cm³/mol. The smallest absolute Gasteiger partial charge is 0.322 e. The van der Waals surface area contributed by atoms with Gasteiger partial charge in [-0.2, -0.15) is 0 Å². The van der Waals surface area contributed by atoms with Crippen LogP contribution in [0.2, 0.25) is 0 Å². The molecular weight excluding hydrogens is 221 g/mol. The zero-order chi connectivity index (χ0) is 12.3. The van der Waals surface area contributed by atoms with Crippen molar-refractivity contribution in [3.05, 3.63) is 35.6 Å². The summed E-state index contributed by atoms with van der Waals surface area (Å²) in [5.74, 6) is -0.0796. The number of rotatable bonds is 2. The van der Waals surface area contributed by atoms with E-state index in [-0.39, 0.29) is 17.8 Å². The Morgan fingerprint density at radius 2 is 2.06 bits per heavy atom. The minimum Gasteiger partial charge on any atom is -0.468 e. The molecule has 1 N–H and O–H groups in total.